The lowest BCUT2D eigenvalue weighted by Crippen LogP contribution is -2.12. The van der Waals surface area contributed by atoms with Crippen LogP contribution in [0.4, 0.5) is 0 Å². The SMILES string of the molecule is Cc1cc(CCCCCC(C)(C)C)c(C)c(C)c1CCCCC1(OC=O)CC1. The molecule has 0 amide bonds. The maximum absolute atomic E-state index is 10.6. The van der Waals surface area contributed by atoms with Crippen LogP contribution in [-0.4, -0.2) is 12.1 Å². The van der Waals surface area contributed by atoms with Crippen LogP contribution in [0.3, 0.4) is 0 Å². The van der Waals surface area contributed by atoms with Crippen molar-refractivity contribution in [1.29, 1.82) is 0 Å². The number of aryl methyl sites for hydroxylation is 2. The monoisotopic (exact) mass is 386 g/mol. The number of carbonyl (C=O) groups is 1. The van der Waals surface area contributed by atoms with Gasteiger partial charge in [-0.2, -0.15) is 0 Å². The van der Waals surface area contributed by atoms with Gasteiger partial charge in [-0.1, -0.05) is 39.7 Å². The van der Waals surface area contributed by atoms with Crippen molar-refractivity contribution in [2.45, 2.75) is 118 Å². The molecule has 0 heterocycles. The summed E-state index contributed by atoms with van der Waals surface area (Å²) in [6.45, 7) is 14.5. The molecule has 2 rings (SSSR count). The van der Waals surface area contributed by atoms with Gasteiger partial charge >= 0.3 is 0 Å². The van der Waals surface area contributed by atoms with Gasteiger partial charge in [-0.25, -0.2) is 0 Å². The van der Waals surface area contributed by atoms with Gasteiger partial charge in [-0.05, 0) is 112 Å². The minimum atomic E-state index is -0.0986. The van der Waals surface area contributed by atoms with E-state index in [1.54, 1.807) is 5.56 Å². The summed E-state index contributed by atoms with van der Waals surface area (Å²) >= 11 is 0. The van der Waals surface area contributed by atoms with Crippen LogP contribution in [0.15, 0.2) is 6.07 Å². The smallest absolute Gasteiger partial charge is 0.293 e. The number of benzene rings is 1. The Kier molecular flexibility index (Phi) is 8.16. The van der Waals surface area contributed by atoms with E-state index >= 15 is 0 Å². The number of unbranched alkanes of at least 4 members (excludes halogenated alkanes) is 3. The van der Waals surface area contributed by atoms with Gasteiger partial charge in [-0.3, -0.25) is 4.79 Å². The highest BCUT2D eigenvalue weighted by Gasteiger charge is 2.44. The van der Waals surface area contributed by atoms with Crippen molar-refractivity contribution < 1.29 is 9.53 Å². The summed E-state index contributed by atoms with van der Waals surface area (Å²) in [7, 11) is 0. The highest BCUT2D eigenvalue weighted by molar-refractivity contribution is 5.44. The van der Waals surface area contributed by atoms with Gasteiger partial charge in [0.2, 0.25) is 0 Å². The molecular formula is C26H42O2. The second-order valence-electron chi connectivity index (χ2n) is 10.3. The zero-order valence-corrected chi connectivity index (χ0v) is 19.2. The van der Waals surface area contributed by atoms with Crippen molar-refractivity contribution in [2.24, 2.45) is 5.41 Å². The Balaban J connectivity index is 1.82. The summed E-state index contributed by atoms with van der Waals surface area (Å²) in [6, 6.07) is 2.44. The molecule has 1 aromatic rings. The van der Waals surface area contributed by atoms with Gasteiger partial charge in [0.05, 0.1) is 0 Å². The second kappa shape index (κ2) is 9.94. The molecule has 0 aromatic heterocycles. The molecule has 1 fully saturated rings. The molecule has 0 spiro atoms. The zero-order chi connectivity index (χ0) is 20.8. The van der Waals surface area contributed by atoms with E-state index in [1.165, 1.54) is 60.8 Å². The molecular weight excluding hydrogens is 344 g/mol. The Morgan fingerprint density at radius 2 is 1.64 bits per heavy atom. The first-order valence-electron chi connectivity index (χ1n) is 11.4. The second-order valence-corrected chi connectivity index (χ2v) is 10.3. The molecule has 1 aliphatic carbocycles. The quantitative estimate of drug-likeness (QED) is 0.281. The van der Waals surface area contributed by atoms with Crippen LogP contribution in [0.25, 0.3) is 0 Å². The van der Waals surface area contributed by atoms with E-state index in [9.17, 15) is 4.79 Å². The number of carbonyl (C=O) groups excluding carboxylic acids is 1. The van der Waals surface area contributed by atoms with E-state index in [-0.39, 0.29) is 5.60 Å². The van der Waals surface area contributed by atoms with Gasteiger partial charge in [0.15, 0.2) is 0 Å². The molecule has 1 aromatic carbocycles. The average molecular weight is 387 g/mol. The third kappa shape index (κ3) is 6.94. The molecule has 0 aliphatic heterocycles. The molecule has 1 saturated carbocycles. The van der Waals surface area contributed by atoms with Crippen molar-refractivity contribution in [2.75, 3.05) is 0 Å². The first-order valence-corrected chi connectivity index (χ1v) is 11.4. The molecule has 0 atom stereocenters. The first kappa shape index (κ1) is 23.0. The van der Waals surface area contributed by atoms with Crippen molar-refractivity contribution in [3.63, 3.8) is 0 Å². The van der Waals surface area contributed by atoms with E-state index in [0.29, 0.717) is 11.9 Å². The Labute approximate surface area is 173 Å². The van der Waals surface area contributed by atoms with E-state index in [2.05, 4.69) is 47.6 Å². The van der Waals surface area contributed by atoms with Gasteiger partial charge in [0, 0.05) is 0 Å². The number of hydrogen-bond acceptors (Lipinski definition) is 2. The normalized spacial score (nSPS) is 15.5. The molecule has 2 heteroatoms. The average Bonchev–Trinajstić information content (AvgIpc) is 3.37. The van der Waals surface area contributed by atoms with Crippen LogP contribution in [0, 0.1) is 26.2 Å². The Morgan fingerprint density at radius 3 is 2.25 bits per heavy atom. The molecule has 0 N–H and O–H groups in total. The predicted molar refractivity (Wildman–Crippen MR) is 119 cm³/mol. The summed E-state index contributed by atoms with van der Waals surface area (Å²) < 4.78 is 5.27. The van der Waals surface area contributed by atoms with Gasteiger partial charge in [-0.15, -0.1) is 0 Å². The van der Waals surface area contributed by atoms with Crippen LogP contribution in [0.2, 0.25) is 0 Å². The third-order valence-corrected chi connectivity index (χ3v) is 6.65. The van der Waals surface area contributed by atoms with E-state index in [4.69, 9.17) is 4.74 Å². The summed E-state index contributed by atoms with van der Waals surface area (Å²) in [5.74, 6) is 0. The molecule has 0 saturated heterocycles. The maximum Gasteiger partial charge on any atom is 0.293 e. The molecule has 0 bridgehead atoms. The highest BCUT2D eigenvalue weighted by Crippen LogP contribution is 2.43. The van der Waals surface area contributed by atoms with Crippen LogP contribution < -0.4 is 0 Å². The number of hydrogen-bond donors (Lipinski definition) is 0. The minimum absolute atomic E-state index is 0.0986. The van der Waals surface area contributed by atoms with Gasteiger partial charge < -0.3 is 4.74 Å². The summed E-state index contributed by atoms with van der Waals surface area (Å²) in [6.07, 6.45) is 13.1. The third-order valence-electron chi connectivity index (χ3n) is 6.65. The molecule has 28 heavy (non-hydrogen) atoms. The molecule has 158 valence electrons. The van der Waals surface area contributed by atoms with Crippen molar-refractivity contribution >= 4 is 6.47 Å². The summed E-state index contributed by atoms with van der Waals surface area (Å²) in [5, 5.41) is 0. The molecule has 0 radical (unpaired) electrons. The molecule has 2 nitrogen and oxygen atoms in total. The van der Waals surface area contributed by atoms with Crippen LogP contribution in [0.1, 0.15) is 106 Å². The Morgan fingerprint density at radius 1 is 0.964 bits per heavy atom. The van der Waals surface area contributed by atoms with E-state index in [0.717, 1.165) is 32.1 Å². The zero-order valence-electron chi connectivity index (χ0n) is 19.2. The summed E-state index contributed by atoms with van der Waals surface area (Å²) in [4.78, 5) is 10.6. The Bertz CT molecular complexity index is 647. The van der Waals surface area contributed by atoms with Crippen molar-refractivity contribution in [1.82, 2.24) is 0 Å². The number of ether oxygens (including phenoxy) is 1. The largest absolute Gasteiger partial charge is 0.461 e. The van der Waals surface area contributed by atoms with Crippen LogP contribution >= 0.6 is 0 Å². The molecule has 0 unspecified atom stereocenters. The fraction of sp³-hybridized carbons (Fsp3) is 0.731. The van der Waals surface area contributed by atoms with Crippen molar-refractivity contribution in [3.05, 3.63) is 33.9 Å². The topological polar surface area (TPSA) is 26.3 Å². The van der Waals surface area contributed by atoms with Crippen LogP contribution in [0.5, 0.6) is 0 Å². The van der Waals surface area contributed by atoms with Gasteiger partial charge in [0.25, 0.3) is 6.47 Å². The fourth-order valence-electron chi connectivity index (χ4n) is 4.43. The van der Waals surface area contributed by atoms with E-state index in [1.807, 2.05) is 0 Å². The lowest BCUT2D eigenvalue weighted by molar-refractivity contribution is -0.135. The highest BCUT2D eigenvalue weighted by atomic mass is 16.5. The lowest BCUT2D eigenvalue weighted by atomic mass is 9.87. The van der Waals surface area contributed by atoms with Crippen LogP contribution in [-0.2, 0) is 22.4 Å². The van der Waals surface area contributed by atoms with Gasteiger partial charge in [0.1, 0.15) is 5.60 Å². The maximum atomic E-state index is 10.6. The number of rotatable bonds is 12. The minimum Gasteiger partial charge on any atom is -0.461 e. The molecule has 1 aliphatic rings. The lowest BCUT2D eigenvalue weighted by Gasteiger charge is -2.19. The van der Waals surface area contributed by atoms with Crippen molar-refractivity contribution in [3.8, 4) is 0 Å². The fourth-order valence-corrected chi connectivity index (χ4v) is 4.43. The summed E-state index contributed by atoms with van der Waals surface area (Å²) in [5.41, 5.74) is 7.90. The first-order chi connectivity index (χ1) is 13.2. The van der Waals surface area contributed by atoms with E-state index < -0.39 is 0 Å². The standard InChI is InChI=1S/C26H42O2/c1-20-18-23(12-8-7-10-14-25(4,5)6)21(2)22(3)24(20)13-9-11-15-26(16-17-26)28-19-27/h18-19H,7-17H2,1-6H3. The predicted octanol–water partition coefficient (Wildman–Crippen LogP) is 7.18. The Hall–Kier alpha value is -1.31.